The van der Waals surface area contributed by atoms with Crippen molar-refractivity contribution in [3.05, 3.63) is 44.3 Å². The van der Waals surface area contributed by atoms with Crippen LogP contribution in [0.5, 0.6) is 0 Å². The molecule has 0 spiro atoms. The Labute approximate surface area is 188 Å². The van der Waals surface area contributed by atoms with E-state index in [4.69, 9.17) is 4.99 Å². The number of nitrogens with one attached hydrogen (secondary N) is 2. The Morgan fingerprint density at radius 2 is 2.00 bits per heavy atom. The second kappa shape index (κ2) is 12.0. The van der Waals surface area contributed by atoms with Crippen molar-refractivity contribution in [3.63, 3.8) is 0 Å². The van der Waals surface area contributed by atoms with E-state index in [9.17, 15) is 0 Å². The highest BCUT2D eigenvalue weighted by Gasteiger charge is 2.19. The van der Waals surface area contributed by atoms with Gasteiger partial charge in [0.05, 0.1) is 6.54 Å². The van der Waals surface area contributed by atoms with E-state index in [-0.39, 0.29) is 24.0 Å². The quantitative estimate of drug-likeness (QED) is 0.317. The molecule has 0 saturated carbocycles. The van der Waals surface area contributed by atoms with Crippen LogP contribution >= 0.6 is 46.7 Å². The number of piperidine rings is 1. The summed E-state index contributed by atoms with van der Waals surface area (Å²) in [6.45, 7) is 10.5. The Hall–Kier alpha value is -0.640. The van der Waals surface area contributed by atoms with Crippen LogP contribution in [0.1, 0.15) is 34.4 Å². The number of halogens is 1. The van der Waals surface area contributed by atoms with Crippen LogP contribution in [-0.2, 0) is 13.1 Å². The topological polar surface area (TPSA) is 39.7 Å². The van der Waals surface area contributed by atoms with E-state index in [0.29, 0.717) is 0 Å². The van der Waals surface area contributed by atoms with Crippen molar-refractivity contribution >= 4 is 52.6 Å². The third-order valence-corrected chi connectivity index (χ3v) is 6.60. The zero-order valence-corrected chi connectivity index (χ0v) is 20.2. The van der Waals surface area contributed by atoms with E-state index in [1.165, 1.54) is 40.6 Å². The minimum atomic E-state index is 0. The number of hydrogen-bond acceptors (Lipinski definition) is 4. The minimum Gasteiger partial charge on any atom is -0.357 e. The molecule has 0 unspecified atom stereocenters. The average Bonchev–Trinajstić information content (AvgIpc) is 3.30. The summed E-state index contributed by atoms with van der Waals surface area (Å²) in [6.07, 6.45) is 2.53. The molecule has 0 atom stereocenters. The molecular formula is C20H31IN4S2. The first-order chi connectivity index (χ1) is 12.7. The average molecular weight is 519 g/mol. The second-order valence-corrected chi connectivity index (χ2v) is 9.29. The molecule has 1 aliphatic rings. The van der Waals surface area contributed by atoms with E-state index in [2.05, 4.69) is 59.0 Å². The number of aliphatic imine (C=N–C) groups is 1. The highest BCUT2D eigenvalue weighted by molar-refractivity contribution is 14.0. The summed E-state index contributed by atoms with van der Waals surface area (Å²) in [5.74, 6) is 1.68. The number of aryl methyl sites for hydroxylation is 1. The van der Waals surface area contributed by atoms with Crippen LogP contribution in [0.2, 0.25) is 0 Å². The summed E-state index contributed by atoms with van der Waals surface area (Å²) in [5, 5.41) is 9.10. The van der Waals surface area contributed by atoms with Gasteiger partial charge >= 0.3 is 0 Å². The Kier molecular flexibility index (Phi) is 10.1. The highest BCUT2D eigenvalue weighted by atomic mass is 127. The maximum atomic E-state index is 4.74. The van der Waals surface area contributed by atoms with Crippen molar-refractivity contribution in [3.8, 4) is 0 Å². The monoisotopic (exact) mass is 518 g/mol. The summed E-state index contributed by atoms with van der Waals surface area (Å²) in [7, 11) is 0. The van der Waals surface area contributed by atoms with E-state index >= 15 is 0 Å². The third kappa shape index (κ3) is 7.71. The summed E-state index contributed by atoms with van der Waals surface area (Å²) in [4.78, 5) is 11.5. The lowest BCUT2D eigenvalue weighted by Crippen LogP contribution is -2.42. The van der Waals surface area contributed by atoms with E-state index < -0.39 is 0 Å². The summed E-state index contributed by atoms with van der Waals surface area (Å²) in [5.41, 5.74) is 0. The molecule has 1 aliphatic heterocycles. The molecule has 0 amide bonds. The molecule has 0 bridgehead atoms. The molecule has 1 saturated heterocycles. The number of likely N-dealkylation sites (tertiary alicyclic amines) is 1. The number of hydrogen-bond donors (Lipinski definition) is 2. The molecule has 150 valence electrons. The van der Waals surface area contributed by atoms with Crippen LogP contribution in [0.4, 0.5) is 0 Å². The number of guanidine groups is 1. The van der Waals surface area contributed by atoms with Crippen molar-refractivity contribution in [2.75, 3.05) is 26.2 Å². The predicted octanol–water partition coefficient (Wildman–Crippen LogP) is 4.70. The van der Waals surface area contributed by atoms with Gasteiger partial charge in [-0.1, -0.05) is 6.07 Å². The molecule has 7 heteroatoms. The van der Waals surface area contributed by atoms with Crippen LogP contribution in [0.25, 0.3) is 0 Å². The summed E-state index contributed by atoms with van der Waals surface area (Å²) >= 11 is 3.69. The zero-order valence-electron chi connectivity index (χ0n) is 16.2. The Morgan fingerprint density at radius 3 is 2.63 bits per heavy atom. The maximum Gasteiger partial charge on any atom is 0.191 e. The van der Waals surface area contributed by atoms with Crippen LogP contribution in [0, 0.1) is 12.8 Å². The predicted molar refractivity (Wildman–Crippen MR) is 130 cm³/mol. The molecule has 0 aliphatic carbocycles. The normalized spacial score (nSPS) is 16.1. The number of nitrogens with zero attached hydrogens (tertiary/aromatic N) is 2. The second-order valence-electron chi connectivity index (χ2n) is 6.89. The van der Waals surface area contributed by atoms with Crippen LogP contribution in [0.3, 0.4) is 0 Å². The lowest BCUT2D eigenvalue weighted by molar-refractivity contribution is 0.179. The molecule has 2 N–H and O–H groups in total. The SMILES string of the molecule is CCNC(=NCc1ccc(C)s1)NCC1CCN(Cc2cccs2)CC1.I. The van der Waals surface area contributed by atoms with E-state index in [0.717, 1.165) is 38.1 Å². The first-order valence-electron chi connectivity index (χ1n) is 9.55. The van der Waals surface area contributed by atoms with Gasteiger partial charge in [-0.25, -0.2) is 4.99 Å². The first-order valence-corrected chi connectivity index (χ1v) is 11.2. The van der Waals surface area contributed by atoms with Crippen molar-refractivity contribution in [2.24, 2.45) is 10.9 Å². The van der Waals surface area contributed by atoms with Gasteiger partial charge in [-0.05, 0) is 69.3 Å². The number of thiophene rings is 2. The molecule has 0 aromatic carbocycles. The van der Waals surface area contributed by atoms with Crippen LogP contribution < -0.4 is 10.6 Å². The Balaban J connectivity index is 0.00000261. The maximum absolute atomic E-state index is 4.74. The molecule has 3 heterocycles. The van der Waals surface area contributed by atoms with E-state index in [1.54, 1.807) is 0 Å². The molecule has 1 fully saturated rings. The molecular weight excluding hydrogens is 487 g/mol. The molecule has 2 aromatic rings. The molecule has 0 radical (unpaired) electrons. The first kappa shape index (κ1) is 22.6. The molecule has 4 nitrogen and oxygen atoms in total. The fourth-order valence-electron chi connectivity index (χ4n) is 3.28. The van der Waals surface area contributed by atoms with Gasteiger partial charge < -0.3 is 10.6 Å². The van der Waals surface area contributed by atoms with Crippen molar-refractivity contribution < 1.29 is 0 Å². The van der Waals surface area contributed by atoms with Crippen molar-refractivity contribution in [1.29, 1.82) is 0 Å². The van der Waals surface area contributed by atoms with E-state index in [1.807, 2.05) is 22.7 Å². The van der Waals surface area contributed by atoms with Gasteiger partial charge in [-0.15, -0.1) is 46.7 Å². The van der Waals surface area contributed by atoms with Gasteiger partial charge in [-0.2, -0.15) is 0 Å². The van der Waals surface area contributed by atoms with Crippen molar-refractivity contribution in [1.82, 2.24) is 15.5 Å². The van der Waals surface area contributed by atoms with Crippen LogP contribution in [0.15, 0.2) is 34.6 Å². The van der Waals surface area contributed by atoms with Gasteiger partial charge in [-0.3, -0.25) is 4.90 Å². The van der Waals surface area contributed by atoms with Gasteiger partial charge in [0, 0.05) is 34.3 Å². The lowest BCUT2D eigenvalue weighted by atomic mass is 9.97. The van der Waals surface area contributed by atoms with Gasteiger partial charge in [0.2, 0.25) is 0 Å². The molecule has 3 rings (SSSR count). The smallest absolute Gasteiger partial charge is 0.191 e. The van der Waals surface area contributed by atoms with Gasteiger partial charge in [0.25, 0.3) is 0 Å². The fraction of sp³-hybridized carbons (Fsp3) is 0.550. The van der Waals surface area contributed by atoms with Crippen molar-refractivity contribution in [2.45, 2.75) is 39.8 Å². The summed E-state index contributed by atoms with van der Waals surface area (Å²) in [6, 6.07) is 8.73. The third-order valence-electron chi connectivity index (χ3n) is 4.76. The molecule has 2 aromatic heterocycles. The lowest BCUT2D eigenvalue weighted by Gasteiger charge is -2.32. The largest absolute Gasteiger partial charge is 0.357 e. The summed E-state index contributed by atoms with van der Waals surface area (Å²) < 4.78 is 0. The molecule has 27 heavy (non-hydrogen) atoms. The zero-order chi connectivity index (χ0) is 18.2. The van der Waals surface area contributed by atoms with Crippen LogP contribution in [-0.4, -0.2) is 37.0 Å². The standard InChI is InChI=1S/C20H30N4S2.HI/c1-3-21-20(23-14-18-7-6-16(2)26-18)22-13-17-8-10-24(11-9-17)15-19-5-4-12-25-19;/h4-7,12,17H,3,8-11,13-15H2,1-2H3,(H2,21,22,23);1H. The van der Waals surface area contributed by atoms with Gasteiger partial charge in [0.15, 0.2) is 5.96 Å². The highest BCUT2D eigenvalue weighted by Crippen LogP contribution is 2.20. The van der Waals surface area contributed by atoms with Gasteiger partial charge in [0.1, 0.15) is 0 Å². The Bertz CT molecular complexity index is 676. The Morgan fingerprint density at radius 1 is 1.19 bits per heavy atom. The minimum absolute atomic E-state index is 0. The number of rotatable bonds is 7. The fourth-order valence-corrected chi connectivity index (χ4v) is 4.84.